The Morgan fingerprint density at radius 1 is 1.00 bits per heavy atom. The van der Waals surface area contributed by atoms with E-state index in [1.54, 1.807) is 20.2 Å². The highest BCUT2D eigenvalue weighted by Crippen LogP contribution is 2.46. The topological polar surface area (TPSA) is 97.0 Å². The van der Waals surface area contributed by atoms with Crippen molar-refractivity contribution in [1.82, 2.24) is 15.5 Å². The molecule has 1 unspecified atom stereocenters. The third kappa shape index (κ3) is 6.29. The number of nitrogens with one attached hydrogen (secondary N) is 2. The fourth-order valence-corrected chi connectivity index (χ4v) is 5.08. The molecule has 0 spiro atoms. The molecule has 1 saturated heterocycles. The molecule has 5 rings (SSSR count). The molecule has 0 aromatic heterocycles. The summed E-state index contributed by atoms with van der Waals surface area (Å²) in [6, 6.07) is 13.4. The van der Waals surface area contributed by atoms with Crippen molar-refractivity contribution in [2.75, 3.05) is 27.2 Å². The summed E-state index contributed by atoms with van der Waals surface area (Å²) >= 11 is 0. The van der Waals surface area contributed by atoms with Crippen molar-refractivity contribution < 1.29 is 26.7 Å². The summed E-state index contributed by atoms with van der Waals surface area (Å²) in [4.78, 5) is 37.7. The summed E-state index contributed by atoms with van der Waals surface area (Å²) in [5.74, 6) is 1.62. The molecule has 2 aromatic carbocycles. The van der Waals surface area contributed by atoms with E-state index in [1.165, 1.54) is 6.42 Å². The number of carbonyl (C=O) groups excluding carboxylic acids is 3. The molecule has 4 atom stereocenters. The Balaban J connectivity index is 0.000000429. The summed E-state index contributed by atoms with van der Waals surface area (Å²) in [5.41, 5.74) is 2.45. The molecule has 2 aromatic rings. The van der Waals surface area contributed by atoms with Gasteiger partial charge in [-0.1, -0.05) is 37.8 Å². The van der Waals surface area contributed by atoms with Gasteiger partial charge in [-0.15, -0.1) is 0 Å². The minimum absolute atomic E-state index is 0. The van der Waals surface area contributed by atoms with E-state index < -0.39 is 0 Å². The molecule has 2 heterocycles. The smallest absolute Gasteiger partial charge is 0.410 e. The fourth-order valence-electron chi connectivity index (χ4n) is 5.08. The predicted molar refractivity (Wildman–Crippen MR) is 152 cm³/mol. The second-order valence-electron chi connectivity index (χ2n) is 11.0. The maximum absolute atomic E-state index is 12.3. The number of nitrogens with zero attached hydrogens (tertiary/aromatic N) is 1. The van der Waals surface area contributed by atoms with E-state index in [1.807, 2.05) is 69.0 Å². The van der Waals surface area contributed by atoms with Gasteiger partial charge in [0, 0.05) is 47.1 Å². The van der Waals surface area contributed by atoms with Crippen molar-refractivity contribution in [3.05, 3.63) is 64.7 Å². The van der Waals surface area contributed by atoms with Crippen LogP contribution in [0.3, 0.4) is 0 Å². The van der Waals surface area contributed by atoms with E-state index in [2.05, 4.69) is 10.6 Å². The van der Waals surface area contributed by atoms with Crippen molar-refractivity contribution in [3.8, 4) is 5.75 Å². The van der Waals surface area contributed by atoms with Crippen molar-refractivity contribution in [1.29, 1.82) is 0 Å². The van der Waals surface area contributed by atoms with Gasteiger partial charge in [0.05, 0.1) is 5.56 Å². The Labute approximate surface area is 229 Å². The molecule has 3 amide bonds. The van der Waals surface area contributed by atoms with Gasteiger partial charge in [0.15, 0.2) is 0 Å². The number of rotatable bonds is 3. The van der Waals surface area contributed by atoms with Crippen molar-refractivity contribution in [2.24, 2.45) is 11.8 Å². The second kappa shape index (κ2) is 11.5. The Bertz CT molecular complexity index is 1180. The van der Waals surface area contributed by atoms with Crippen LogP contribution in [0, 0.1) is 11.8 Å². The lowest BCUT2D eigenvalue weighted by atomic mass is 9.87. The Hall–Kier alpha value is -3.55. The molecule has 2 aliphatic heterocycles. The number of carbonyl (C=O) groups is 3. The summed E-state index contributed by atoms with van der Waals surface area (Å²) < 4.78 is 11.3. The Morgan fingerprint density at radius 2 is 1.61 bits per heavy atom. The second-order valence-corrected chi connectivity index (χ2v) is 11.0. The summed E-state index contributed by atoms with van der Waals surface area (Å²) in [7, 11) is 3.14. The van der Waals surface area contributed by atoms with Crippen LogP contribution in [-0.2, 0) is 4.74 Å². The highest BCUT2D eigenvalue weighted by atomic mass is 16.6. The normalized spacial score (nSPS) is 22.4. The van der Waals surface area contributed by atoms with Crippen LogP contribution in [0.25, 0.3) is 0 Å². The average Bonchev–Trinajstić information content (AvgIpc) is 3.32. The van der Waals surface area contributed by atoms with Crippen molar-refractivity contribution >= 4 is 17.9 Å². The van der Waals surface area contributed by atoms with E-state index in [0.29, 0.717) is 16.9 Å². The van der Waals surface area contributed by atoms with E-state index in [-0.39, 0.29) is 45.8 Å². The third-order valence-corrected chi connectivity index (χ3v) is 6.98. The first kappa shape index (κ1) is 29.0. The first-order valence-corrected chi connectivity index (χ1v) is 12.8. The SMILES string of the molecule is C.CC(C)(C)OC(=O)N1CC2C[C@H]2C1.CNC(=O)c1cc(C(=O)NC)c2c(c1)[C@H](c1ccccc1)[C@@H](C)O2.[HH].[HH]. The molecule has 1 aliphatic carbocycles. The molecule has 0 radical (unpaired) electrons. The number of ether oxygens (including phenoxy) is 2. The molecule has 210 valence electrons. The third-order valence-electron chi connectivity index (χ3n) is 6.98. The lowest BCUT2D eigenvalue weighted by Crippen LogP contribution is -2.36. The number of hydrogen-bond acceptors (Lipinski definition) is 5. The standard InChI is InChI=1S/C19H20N2O3.C10H17NO2.CH4.2H2/c1-11-16(12-7-5-4-6-8-12)14-9-13(18(22)20-2)10-15(17(14)24-11)19(23)21-3;1-10(2,3)13-9(12)11-5-7-4-8(7)6-11;;;/h4-11,16H,1-3H3,(H,20,22)(H,21,23);7-8H,4-6H2,1-3H3;1H4;2*1H/t11-,16+;7-,8?;;;/m10.../s1. The lowest BCUT2D eigenvalue weighted by Gasteiger charge is -2.25. The van der Waals surface area contributed by atoms with Crippen LogP contribution >= 0.6 is 0 Å². The minimum atomic E-state index is -0.357. The zero-order valence-electron chi connectivity index (χ0n) is 22.5. The largest absolute Gasteiger partial charge is 0.489 e. The first-order valence-electron chi connectivity index (χ1n) is 12.8. The zero-order chi connectivity index (χ0) is 26.9. The monoisotopic (exact) mass is 527 g/mol. The van der Waals surface area contributed by atoms with Crippen LogP contribution in [0.5, 0.6) is 5.75 Å². The van der Waals surface area contributed by atoms with Crippen LogP contribution < -0.4 is 15.4 Å². The van der Waals surface area contributed by atoms with E-state index in [4.69, 9.17) is 9.47 Å². The van der Waals surface area contributed by atoms with Gasteiger partial charge in [-0.05, 0) is 63.6 Å². The minimum Gasteiger partial charge on any atom is -0.489 e. The van der Waals surface area contributed by atoms with E-state index in [0.717, 1.165) is 36.1 Å². The molecule has 8 heteroatoms. The van der Waals surface area contributed by atoms with Gasteiger partial charge in [0.25, 0.3) is 11.8 Å². The number of amides is 3. The quantitative estimate of drug-likeness (QED) is 0.563. The van der Waals surface area contributed by atoms with Gasteiger partial charge in [0.2, 0.25) is 0 Å². The van der Waals surface area contributed by atoms with E-state index in [9.17, 15) is 14.4 Å². The molecule has 8 nitrogen and oxygen atoms in total. The average molecular weight is 528 g/mol. The maximum atomic E-state index is 12.3. The Kier molecular flexibility index (Phi) is 8.75. The van der Waals surface area contributed by atoms with Crippen LogP contribution in [0.1, 0.15) is 82.2 Å². The van der Waals surface area contributed by atoms with Crippen LogP contribution in [0.4, 0.5) is 4.79 Å². The van der Waals surface area contributed by atoms with Crippen molar-refractivity contribution in [3.63, 3.8) is 0 Å². The first-order chi connectivity index (χ1) is 17.5. The van der Waals surface area contributed by atoms with Crippen LogP contribution in [-0.4, -0.2) is 61.7 Å². The van der Waals surface area contributed by atoms with Crippen molar-refractivity contribution in [2.45, 2.75) is 59.2 Å². The van der Waals surface area contributed by atoms with Gasteiger partial charge < -0.3 is 25.0 Å². The van der Waals surface area contributed by atoms with Crippen LogP contribution in [0.15, 0.2) is 42.5 Å². The molecule has 3 aliphatic rings. The number of fused-ring (bicyclic) bond motifs is 2. The summed E-state index contributed by atoms with van der Waals surface area (Å²) in [6.07, 6.45) is 1.06. The fraction of sp³-hybridized carbons (Fsp3) is 0.500. The molecule has 38 heavy (non-hydrogen) atoms. The van der Waals surface area contributed by atoms with Crippen LogP contribution in [0.2, 0.25) is 0 Å². The molecule has 1 saturated carbocycles. The van der Waals surface area contributed by atoms with Gasteiger partial charge in [-0.25, -0.2) is 4.79 Å². The number of hydrogen-bond donors (Lipinski definition) is 2. The molecule has 2 fully saturated rings. The molecule has 0 bridgehead atoms. The highest BCUT2D eigenvalue weighted by molar-refractivity contribution is 6.02. The Morgan fingerprint density at radius 3 is 2.16 bits per heavy atom. The summed E-state index contributed by atoms with van der Waals surface area (Å²) in [6.45, 7) is 9.52. The highest BCUT2D eigenvalue weighted by Gasteiger charge is 2.47. The van der Waals surface area contributed by atoms with Gasteiger partial charge in [-0.3, -0.25) is 9.59 Å². The lowest BCUT2D eigenvalue weighted by molar-refractivity contribution is 0.0274. The van der Waals surface area contributed by atoms with E-state index >= 15 is 0 Å². The number of likely N-dealkylation sites (tertiary alicyclic amines) is 1. The number of piperidine rings is 1. The zero-order valence-corrected chi connectivity index (χ0v) is 22.5. The van der Waals surface area contributed by atoms with Gasteiger partial charge in [0.1, 0.15) is 17.5 Å². The number of benzene rings is 2. The maximum Gasteiger partial charge on any atom is 0.410 e. The predicted octanol–water partition coefficient (Wildman–Crippen LogP) is 5.32. The summed E-state index contributed by atoms with van der Waals surface area (Å²) in [5, 5.41) is 5.22. The molecular weight excluding hydrogens is 482 g/mol. The molecule has 2 N–H and O–H groups in total. The molecular formula is C30H45N3O5. The van der Waals surface area contributed by atoms with Gasteiger partial charge >= 0.3 is 6.09 Å². The van der Waals surface area contributed by atoms with Gasteiger partial charge in [-0.2, -0.15) is 0 Å².